The number of rotatable bonds is 10. The van der Waals surface area contributed by atoms with E-state index in [0.29, 0.717) is 0 Å². The first-order valence-electron chi connectivity index (χ1n) is 6.13. The van der Waals surface area contributed by atoms with Gasteiger partial charge in [-0.3, -0.25) is 0 Å². The van der Waals surface area contributed by atoms with E-state index < -0.39 is 0 Å². The van der Waals surface area contributed by atoms with Crippen LogP contribution in [0, 0.1) is 0 Å². The van der Waals surface area contributed by atoms with Gasteiger partial charge in [0.1, 0.15) is 6.29 Å². The van der Waals surface area contributed by atoms with E-state index in [1.54, 1.807) is 0 Å². The van der Waals surface area contributed by atoms with Crippen LogP contribution in [-0.2, 0) is 4.79 Å². The maximum Gasteiger partial charge on any atom is 0.119 e. The van der Waals surface area contributed by atoms with Crippen molar-refractivity contribution >= 4 is 6.29 Å². The lowest BCUT2D eigenvalue weighted by atomic mass is 10.1. The van der Waals surface area contributed by atoms with Crippen molar-refractivity contribution in [2.24, 2.45) is 0 Å². The summed E-state index contributed by atoms with van der Waals surface area (Å²) in [6, 6.07) is 0. The lowest BCUT2D eigenvalue weighted by molar-refractivity contribution is -0.107. The summed E-state index contributed by atoms with van der Waals surface area (Å²) in [4.78, 5) is 10.1. The molecule has 0 fully saturated rings. The van der Waals surface area contributed by atoms with Crippen LogP contribution >= 0.6 is 0 Å². The van der Waals surface area contributed by atoms with Crippen LogP contribution in [0.25, 0.3) is 0 Å². The Hall–Kier alpha value is -0.850. The number of unbranched alkanes of at least 4 members (excludes halogenated alkanes) is 7. The molecule has 0 N–H and O–H groups in total. The summed E-state index contributed by atoms with van der Waals surface area (Å²) < 4.78 is 0. The third kappa shape index (κ3) is 13.2. The molecule has 0 heterocycles. The summed E-state index contributed by atoms with van der Waals surface area (Å²) >= 11 is 0. The second kappa shape index (κ2) is 13.2. The molecule has 0 saturated carbocycles. The normalized spacial score (nSPS) is 11.5. The molecule has 86 valence electrons. The molecule has 0 bridgehead atoms. The molecule has 1 heteroatoms. The van der Waals surface area contributed by atoms with Gasteiger partial charge in [-0.2, -0.15) is 0 Å². The zero-order valence-electron chi connectivity index (χ0n) is 9.95. The van der Waals surface area contributed by atoms with E-state index in [0.717, 1.165) is 19.1 Å². The molecule has 0 spiro atoms. The summed E-state index contributed by atoms with van der Waals surface area (Å²) in [7, 11) is 0. The largest absolute Gasteiger partial charge is 0.303 e. The number of carbonyl (C=O) groups excluding carboxylic acids is 1. The van der Waals surface area contributed by atoms with Crippen molar-refractivity contribution < 1.29 is 4.79 Å². The Bertz CT molecular complexity index is 180. The Morgan fingerprint density at radius 1 is 0.800 bits per heavy atom. The number of hydrogen-bond acceptors (Lipinski definition) is 1. The maximum absolute atomic E-state index is 10.1. The molecule has 15 heavy (non-hydrogen) atoms. The van der Waals surface area contributed by atoms with Gasteiger partial charge in [0.05, 0.1) is 0 Å². The Morgan fingerprint density at radius 3 is 2.00 bits per heavy atom. The van der Waals surface area contributed by atoms with Gasteiger partial charge in [-0.05, 0) is 26.2 Å². The predicted octanol–water partition coefficient (Wildman–Crippen LogP) is 4.44. The monoisotopic (exact) mass is 208 g/mol. The van der Waals surface area contributed by atoms with Gasteiger partial charge in [-0.15, -0.1) is 0 Å². The second-order valence-corrected chi connectivity index (χ2v) is 3.82. The minimum absolute atomic E-state index is 0.742. The third-order valence-electron chi connectivity index (χ3n) is 2.38. The van der Waals surface area contributed by atoms with E-state index in [4.69, 9.17) is 0 Å². The van der Waals surface area contributed by atoms with Gasteiger partial charge < -0.3 is 4.79 Å². The van der Waals surface area contributed by atoms with Gasteiger partial charge in [-0.1, -0.05) is 50.0 Å². The Labute approximate surface area is 94.3 Å². The predicted molar refractivity (Wildman–Crippen MR) is 67.0 cm³/mol. The molecular formula is C14H24O. The quantitative estimate of drug-likeness (QED) is 0.295. The van der Waals surface area contributed by atoms with Crippen LogP contribution in [0.2, 0.25) is 0 Å². The van der Waals surface area contributed by atoms with Gasteiger partial charge in [0.25, 0.3) is 0 Å². The van der Waals surface area contributed by atoms with E-state index in [1.807, 2.05) is 13.0 Å². The van der Waals surface area contributed by atoms with Crippen molar-refractivity contribution in [2.75, 3.05) is 0 Å². The molecule has 0 atom stereocenters. The molecule has 0 amide bonds. The summed E-state index contributed by atoms with van der Waals surface area (Å²) in [5, 5.41) is 0. The van der Waals surface area contributed by atoms with E-state index >= 15 is 0 Å². The molecule has 0 unspecified atom stereocenters. The molecular weight excluding hydrogens is 184 g/mol. The minimum Gasteiger partial charge on any atom is -0.303 e. The fraction of sp³-hybridized carbons (Fsp3) is 0.643. The molecule has 0 saturated heterocycles. The topological polar surface area (TPSA) is 17.1 Å². The Kier molecular flexibility index (Phi) is 12.4. The Morgan fingerprint density at radius 2 is 1.40 bits per heavy atom. The molecule has 0 aromatic heterocycles. The van der Waals surface area contributed by atoms with Gasteiger partial charge in [0, 0.05) is 6.42 Å². The number of hydrogen-bond donors (Lipinski definition) is 0. The highest BCUT2D eigenvalue weighted by Gasteiger charge is 1.89. The molecule has 1 nitrogen and oxygen atoms in total. The number of carbonyl (C=O) groups is 1. The van der Waals surface area contributed by atoms with Crippen LogP contribution in [0.15, 0.2) is 24.3 Å². The van der Waals surface area contributed by atoms with E-state index in [9.17, 15) is 4.79 Å². The van der Waals surface area contributed by atoms with Crippen LogP contribution in [0.5, 0.6) is 0 Å². The lowest BCUT2D eigenvalue weighted by Crippen LogP contribution is -1.80. The molecule has 0 aliphatic rings. The molecule has 0 rings (SSSR count). The highest BCUT2D eigenvalue weighted by Crippen LogP contribution is 2.08. The zero-order valence-corrected chi connectivity index (χ0v) is 9.95. The van der Waals surface area contributed by atoms with Crippen molar-refractivity contribution in [1.82, 2.24) is 0 Å². The average Bonchev–Trinajstić information content (AvgIpc) is 2.26. The summed E-state index contributed by atoms with van der Waals surface area (Å²) in [6.07, 6.45) is 18.9. The number of allylic oxidation sites excluding steroid dienone is 4. The van der Waals surface area contributed by atoms with Crippen LogP contribution in [0.4, 0.5) is 0 Å². The molecule has 0 aromatic carbocycles. The zero-order chi connectivity index (χ0) is 11.2. The SMILES string of the molecule is CC=CC=CCCCCCCCCC=O. The standard InChI is InChI=1S/C14H24O/c1-2-3-4-5-6-7-8-9-10-11-12-13-14-15/h2-5,14H,6-13H2,1H3. The second-order valence-electron chi connectivity index (χ2n) is 3.82. The first-order valence-corrected chi connectivity index (χ1v) is 6.13. The minimum atomic E-state index is 0.742. The first-order chi connectivity index (χ1) is 7.41. The van der Waals surface area contributed by atoms with Crippen molar-refractivity contribution in [2.45, 2.75) is 58.3 Å². The van der Waals surface area contributed by atoms with Crippen LogP contribution in [0.3, 0.4) is 0 Å². The van der Waals surface area contributed by atoms with Crippen molar-refractivity contribution in [3.05, 3.63) is 24.3 Å². The summed E-state index contributed by atoms with van der Waals surface area (Å²) in [5.41, 5.74) is 0. The van der Waals surface area contributed by atoms with E-state index in [1.165, 1.54) is 38.5 Å². The van der Waals surface area contributed by atoms with Crippen molar-refractivity contribution in [1.29, 1.82) is 0 Å². The van der Waals surface area contributed by atoms with Gasteiger partial charge in [-0.25, -0.2) is 0 Å². The van der Waals surface area contributed by atoms with Crippen LogP contribution in [0.1, 0.15) is 58.3 Å². The fourth-order valence-electron chi connectivity index (χ4n) is 1.48. The third-order valence-corrected chi connectivity index (χ3v) is 2.38. The van der Waals surface area contributed by atoms with Gasteiger partial charge in [0.2, 0.25) is 0 Å². The fourth-order valence-corrected chi connectivity index (χ4v) is 1.48. The molecule has 0 aliphatic carbocycles. The van der Waals surface area contributed by atoms with Gasteiger partial charge >= 0.3 is 0 Å². The Balaban J connectivity index is 3.01. The molecule has 0 aliphatic heterocycles. The molecule has 0 radical (unpaired) electrons. The number of aldehydes is 1. The van der Waals surface area contributed by atoms with Crippen LogP contribution in [-0.4, -0.2) is 6.29 Å². The highest BCUT2D eigenvalue weighted by molar-refractivity contribution is 5.48. The summed E-state index contributed by atoms with van der Waals surface area (Å²) in [5.74, 6) is 0. The van der Waals surface area contributed by atoms with Crippen LogP contribution < -0.4 is 0 Å². The van der Waals surface area contributed by atoms with E-state index in [-0.39, 0.29) is 0 Å². The maximum atomic E-state index is 10.1. The van der Waals surface area contributed by atoms with E-state index in [2.05, 4.69) is 18.2 Å². The van der Waals surface area contributed by atoms with Gasteiger partial charge in [0.15, 0.2) is 0 Å². The average molecular weight is 208 g/mol. The molecule has 0 aromatic rings. The summed E-state index contributed by atoms with van der Waals surface area (Å²) in [6.45, 7) is 2.03. The highest BCUT2D eigenvalue weighted by atomic mass is 16.1. The lowest BCUT2D eigenvalue weighted by Gasteiger charge is -1.98. The smallest absolute Gasteiger partial charge is 0.119 e. The first kappa shape index (κ1) is 14.2. The van der Waals surface area contributed by atoms with Crippen molar-refractivity contribution in [3.63, 3.8) is 0 Å². The van der Waals surface area contributed by atoms with Crippen molar-refractivity contribution in [3.8, 4) is 0 Å².